The van der Waals surface area contributed by atoms with Gasteiger partial charge in [-0.1, -0.05) is 11.3 Å². The van der Waals surface area contributed by atoms with Crippen molar-refractivity contribution < 1.29 is 17.9 Å². The van der Waals surface area contributed by atoms with E-state index in [-0.39, 0.29) is 28.8 Å². The van der Waals surface area contributed by atoms with Crippen molar-refractivity contribution in [3.8, 4) is 0 Å². The molecule has 0 unspecified atom stereocenters. The lowest BCUT2D eigenvalue weighted by Crippen LogP contribution is -2.32. The van der Waals surface area contributed by atoms with Crippen LogP contribution >= 0.6 is 11.3 Å². The van der Waals surface area contributed by atoms with Crippen molar-refractivity contribution in [2.75, 3.05) is 26.8 Å². The fraction of sp³-hybridized carbons (Fsp3) is 0.600. The highest BCUT2D eigenvalue weighted by Crippen LogP contribution is 2.14. The van der Waals surface area contributed by atoms with Crippen LogP contribution in [-0.4, -0.2) is 46.1 Å². The van der Waals surface area contributed by atoms with Crippen molar-refractivity contribution in [3.05, 3.63) is 15.4 Å². The van der Waals surface area contributed by atoms with Crippen LogP contribution in [0.3, 0.4) is 0 Å². The fourth-order valence-corrected chi connectivity index (χ4v) is 3.77. The minimum atomic E-state index is -3.76. The third kappa shape index (κ3) is 5.04. The first kappa shape index (κ1) is 16.8. The van der Waals surface area contributed by atoms with Crippen molar-refractivity contribution >= 4 is 27.3 Å². The molecule has 0 spiro atoms. The monoisotopic (exact) mass is 323 g/mol. The van der Waals surface area contributed by atoms with Crippen LogP contribution in [0.4, 0.5) is 0 Å². The highest BCUT2D eigenvalue weighted by Gasteiger charge is 2.20. The summed E-state index contributed by atoms with van der Waals surface area (Å²) < 4.78 is 30.8. The van der Waals surface area contributed by atoms with Gasteiger partial charge in [-0.05, 0) is 6.92 Å². The van der Waals surface area contributed by atoms with Gasteiger partial charge in [0, 0.05) is 32.3 Å². The van der Waals surface area contributed by atoms with E-state index >= 15 is 0 Å². The van der Waals surface area contributed by atoms with Crippen LogP contribution in [0, 0.1) is 6.92 Å². The lowest BCUT2D eigenvalue weighted by molar-refractivity contribution is -0.121. The number of ether oxygens (including phenoxy) is 1. The van der Waals surface area contributed by atoms with Gasteiger partial charge in [0.1, 0.15) is 0 Å². The van der Waals surface area contributed by atoms with Crippen molar-refractivity contribution in [1.29, 1.82) is 0 Å². The molecule has 0 bridgehead atoms. The number of H-pyrrole nitrogens is 1. The number of carbonyl (C=O) groups is 1. The number of hydrogen-bond donors (Lipinski definition) is 3. The predicted molar refractivity (Wildman–Crippen MR) is 74.4 cm³/mol. The Labute approximate surface area is 120 Å². The predicted octanol–water partition coefficient (Wildman–Crippen LogP) is -0.824. The largest absolute Gasteiger partial charge is 0.383 e. The number of rotatable bonds is 8. The Balaban J connectivity index is 2.47. The van der Waals surface area contributed by atoms with Gasteiger partial charge in [0.25, 0.3) is 10.0 Å². The summed E-state index contributed by atoms with van der Waals surface area (Å²) in [7, 11) is -2.24. The Hall–Kier alpha value is -1.23. The zero-order chi connectivity index (χ0) is 15.2. The topological polar surface area (TPSA) is 117 Å². The molecule has 1 aromatic rings. The molecule has 1 rings (SSSR count). The summed E-state index contributed by atoms with van der Waals surface area (Å²) in [5, 5.41) is 2.57. The summed E-state index contributed by atoms with van der Waals surface area (Å²) in [6.07, 6.45) is 0.0152. The van der Waals surface area contributed by atoms with Gasteiger partial charge in [-0.25, -0.2) is 13.1 Å². The highest BCUT2D eigenvalue weighted by molar-refractivity contribution is 7.91. The minimum absolute atomic E-state index is 0.0152. The van der Waals surface area contributed by atoms with E-state index in [0.717, 1.165) is 0 Å². The lowest BCUT2D eigenvalue weighted by atomic mass is 10.4. The highest BCUT2D eigenvalue weighted by atomic mass is 32.2. The second-order valence-electron chi connectivity index (χ2n) is 3.92. The first-order valence-electron chi connectivity index (χ1n) is 5.82. The maximum atomic E-state index is 11.9. The van der Waals surface area contributed by atoms with E-state index in [9.17, 15) is 18.0 Å². The Morgan fingerprint density at radius 2 is 2.10 bits per heavy atom. The number of sulfonamides is 1. The summed E-state index contributed by atoms with van der Waals surface area (Å²) in [4.78, 5) is 24.4. The Morgan fingerprint density at radius 1 is 1.40 bits per heavy atom. The molecule has 0 aliphatic carbocycles. The molecule has 20 heavy (non-hydrogen) atoms. The molecule has 0 saturated carbocycles. The van der Waals surface area contributed by atoms with Gasteiger partial charge in [-0.15, -0.1) is 0 Å². The van der Waals surface area contributed by atoms with Gasteiger partial charge in [-0.3, -0.25) is 9.59 Å². The van der Waals surface area contributed by atoms with Gasteiger partial charge in [-0.2, -0.15) is 0 Å². The first-order chi connectivity index (χ1) is 9.36. The van der Waals surface area contributed by atoms with Crippen molar-refractivity contribution in [1.82, 2.24) is 15.0 Å². The second-order valence-corrected chi connectivity index (χ2v) is 6.86. The molecule has 0 aliphatic heterocycles. The zero-order valence-electron chi connectivity index (χ0n) is 11.2. The van der Waals surface area contributed by atoms with Crippen molar-refractivity contribution in [2.24, 2.45) is 0 Å². The number of thiazole rings is 1. The third-order valence-corrected chi connectivity index (χ3v) is 5.36. The number of nitrogens with one attached hydrogen (secondary N) is 3. The van der Waals surface area contributed by atoms with Crippen LogP contribution in [0.15, 0.2) is 9.00 Å². The normalized spacial score (nSPS) is 11.5. The number of aromatic amines is 1. The number of methoxy groups -OCH3 is 1. The Morgan fingerprint density at radius 3 is 2.65 bits per heavy atom. The van der Waals surface area contributed by atoms with E-state index in [2.05, 4.69) is 15.0 Å². The number of aryl methyl sites for hydroxylation is 1. The molecular formula is C10H17N3O5S2. The summed E-state index contributed by atoms with van der Waals surface area (Å²) in [5.74, 6) is -0.274. The molecule has 10 heteroatoms. The van der Waals surface area contributed by atoms with Gasteiger partial charge < -0.3 is 15.0 Å². The van der Waals surface area contributed by atoms with Crippen LogP contribution in [0.1, 0.15) is 12.1 Å². The molecule has 1 aromatic heterocycles. The van der Waals surface area contributed by atoms with Gasteiger partial charge in [0.2, 0.25) is 5.91 Å². The van der Waals surface area contributed by atoms with Crippen LogP contribution in [0.2, 0.25) is 0 Å². The SMILES string of the molecule is COCCNC(=O)CCNS(=O)(=O)c1sc(=O)[nH]c1C. The molecule has 3 N–H and O–H groups in total. The number of aromatic nitrogens is 1. The molecule has 0 radical (unpaired) electrons. The molecule has 0 aliphatic rings. The average Bonchev–Trinajstić information content (AvgIpc) is 2.69. The Kier molecular flexibility index (Phi) is 6.33. The molecule has 1 amide bonds. The number of carbonyl (C=O) groups excluding carboxylic acids is 1. The quantitative estimate of drug-likeness (QED) is 0.540. The summed E-state index contributed by atoms with van der Waals surface area (Å²) in [6, 6.07) is 0. The fourth-order valence-electron chi connectivity index (χ4n) is 1.39. The van der Waals surface area contributed by atoms with E-state index in [0.29, 0.717) is 24.5 Å². The Bertz CT molecular complexity index is 605. The van der Waals surface area contributed by atoms with Gasteiger partial charge in [0.05, 0.1) is 6.61 Å². The molecule has 114 valence electrons. The van der Waals surface area contributed by atoms with Gasteiger partial charge >= 0.3 is 4.87 Å². The van der Waals surface area contributed by atoms with Crippen LogP contribution in [-0.2, 0) is 19.6 Å². The lowest BCUT2D eigenvalue weighted by Gasteiger charge is -2.06. The first-order valence-corrected chi connectivity index (χ1v) is 8.12. The average molecular weight is 323 g/mol. The van der Waals surface area contributed by atoms with E-state index < -0.39 is 14.9 Å². The second kappa shape index (κ2) is 7.53. The van der Waals surface area contributed by atoms with E-state index in [1.165, 1.54) is 14.0 Å². The number of amides is 1. The molecular weight excluding hydrogens is 306 g/mol. The summed E-state index contributed by atoms with van der Waals surface area (Å²) >= 11 is 0.618. The number of hydrogen-bond acceptors (Lipinski definition) is 6. The van der Waals surface area contributed by atoms with Crippen LogP contribution in [0.5, 0.6) is 0 Å². The van der Waals surface area contributed by atoms with Crippen molar-refractivity contribution in [3.63, 3.8) is 0 Å². The van der Waals surface area contributed by atoms with Crippen molar-refractivity contribution in [2.45, 2.75) is 17.6 Å². The van der Waals surface area contributed by atoms with Gasteiger partial charge in [0.15, 0.2) is 4.21 Å². The molecule has 8 nitrogen and oxygen atoms in total. The molecule has 0 fully saturated rings. The maximum absolute atomic E-state index is 11.9. The molecule has 1 heterocycles. The smallest absolute Gasteiger partial charge is 0.305 e. The third-order valence-electron chi connectivity index (χ3n) is 2.30. The zero-order valence-corrected chi connectivity index (χ0v) is 12.8. The summed E-state index contributed by atoms with van der Waals surface area (Å²) in [6.45, 7) is 2.24. The van der Waals surface area contributed by atoms with E-state index in [4.69, 9.17) is 4.74 Å². The maximum Gasteiger partial charge on any atom is 0.305 e. The molecule has 0 saturated heterocycles. The molecule has 0 aromatic carbocycles. The summed E-state index contributed by atoms with van der Waals surface area (Å²) in [5.41, 5.74) is 0.289. The van der Waals surface area contributed by atoms with Crippen LogP contribution < -0.4 is 14.9 Å². The standard InChI is InChI=1S/C10H17N3O5S2/c1-7-9(19-10(15)13-7)20(16,17)12-4-3-8(14)11-5-6-18-2/h12H,3-6H2,1-2H3,(H,11,14)(H,13,15). The molecule has 0 atom stereocenters. The van der Waals surface area contributed by atoms with E-state index in [1.54, 1.807) is 0 Å². The van der Waals surface area contributed by atoms with Crippen LogP contribution in [0.25, 0.3) is 0 Å². The minimum Gasteiger partial charge on any atom is -0.383 e. The van der Waals surface area contributed by atoms with E-state index in [1.807, 2.05) is 0 Å².